The Bertz CT molecular complexity index is 445. The van der Waals surface area contributed by atoms with Gasteiger partial charge in [-0.15, -0.1) is 0 Å². The van der Waals surface area contributed by atoms with Gasteiger partial charge < -0.3 is 4.52 Å². The Balaban J connectivity index is 2.68. The van der Waals surface area contributed by atoms with Crippen LogP contribution >= 0.6 is 23.2 Å². The fraction of sp³-hybridized carbons (Fsp3) is 0.100. The van der Waals surface area contributed by atoms with E-state index in [0.717, 1.165) is 5.56 Å². The molecule has 4 heteroatoms. The monoisotopic (exact) mass is 226 g/mol. The predicted molar refractivity (Wildman–Crippen MR) is 55.5 cm³/mol. The average Bonchev–Trinajstić information content (AvgIpc) is 2.52. The van der Waals surface area contributed by atoms with Crippen molar-refractivity contribution < 1.29 is 4.52 Å². The molecule has 0 spiro atoms. The zero-order valence-electron chi connectivity index (χ0n) is 7.34. The summed E-state index contributed by atoms with van der Waals surface area (Å²) in [6, 6.07) is 5.32. The van der Waals surface area contributed by atoms with Crippen LogP contribution in [0.2, 0.25) is 10.0 Å². The third kappa shape index (κ3) is 1.51. The number of nitrogens with zero attached hydrogens (tertiary/aromatic N) is 1. The van der Waals surface area contributed by atoms with Crippen LogP contribution in [0.1, 0.15) is 5.76 Å². The van der Waals surface area contributed by atoms with E-state index in [1.54, 1.807) is 25.1 Å². The van der Waals surface area contributed by atoms with Crippen molar-refractivity contribution in [1.29, 1.82) is 0 Å². The number of benzene rings is 1. The maximum absolute atomic E-state index is 6.02. The summed E-state index contributed by atoms with van der Waals surface area (Å²) in [6.07, 6.45) is 2.72. The second-order valence-corrected chi connectivity index (χ2v) is 3.64. The summed E-state index contributed by atoms with van der Waals surface area (Å²) in [5.74, 6) is 0.653. The van der Waals surface area contributed by atoms with Crippen LogP contribution in [-0.2, 0) is 0 Å². The highest BCUT2D eigenvalue weighted by Crippen LogP contribution is 2.35. The molecule has 0 aliphatic heterocycles. The molecule has 14 heavy (non-hydrogen) atoms. The lowest BCUT2D eigenvalue weighted by Crippen LogP contribution is -1.81. The Morgan fingerprint density at radius 3 is 2.43 bits per heavy atom. The van der Waals surface area contributed by atoms with E-state index in [4.69, 9.17) is 27.7 Å². The van der Waals surface area contributed by atoms with E-state index in [9.17, 15) is 0 Å². The molecule has 0 saturated heterocycles. The van der Waals surface area contributed by atoms with Crippen LogP contribution in [0, 0.1) is 13.1 Å². The number of aromatic nitrogens is 1. The van der Waals surface area contributed by atoms with Crippen LogP contribution in [0.25, 0.3) is 11.1 Å². The SMILES string of the molecule is Cc1on[c]c1-c1c(Cl)cccc1Cl. The number of hydrogen-bond acceptors (Lipinski definition) is 2. The van der Waals surface area contributed by atoms with E-state index in [-0.39, 0.29) is 0 Å². The molecule has 0 amide bonds. The molecular weight excluding hydrogens is 221 g/mol. The van der Waals surface area contributed by atoms with Gasteiger partial charge in [-0.25, -0.2) is 0 Å². The van der Waals surface area contributed by atoms with Crippen molar-refractivity contribution in [1.82, 2.24) is 5.16 Å². The maximum Gasteiger partial charge on any atom is 0.144 e. The van der Waals surface area contributed by atoms with E-state index in [2.05, 4.69) is 11.4 Å². The van der Waals surface area contributed by atoms with Crippen molar-refractivity contribution >= 4 is 23.2 Å². The molecule has 2 nitrogen and oxygen atoms in total. The molecule has 71 valence electrons. The largest absolute Gasteiger partial charge is 0.360 e. The zero-order valence-corrected chi connectivity index (χ0v) is 8.86. The summed E-state index contributed by atoms with van der Waals surface area (Å²) >= 11 is 12.0. The van der Waals surface area contributed by atoms with Gasteiger partial charge in [-0.05, 0) is 19.1 Å². The van der Waals surface area contributed by atoms with Gasteiger partial charge in [0, 0.05) is 5.56 Å². The van der Waals surface area contributed by atoms with E-state index >= 15 is 0 Å². The Morgan fingerprint density at radius 1 is 1.29 bits per heavy atom. The second-order valence-electron chi connectivity index (χ2n) is 2.82. The molecule has 1 aromatic heterocycles. The van der Waals surface area contributed by atoms with Gasteiger partial charge in [0.15, 0.2) is 0 Å². The van der Waals surface area contributed by atoms with Crippen molar-refractivity contribution in [2.45, 2.75) is 6.92 Å². The van der Waals surface area contributed by atoms with Crippen LogP contribution in [0.3, 0.4) is 0 Å². The molecule has 0 aliphatic rings. The highest BCUT2D eigenvalue weighted by atomic mass is 35.5. The fourth-order valence-corrected chi connectivity index (χ4v) is 1.82. The minimum atomic E-state index is 0.569. The lowest BCUT2D eigenvalue weighted by Gasteiger charge is -2.03. The molecule has 2 aromatic rings. The molecule has 1 aromatic carbocycles. The molecule has 1 heterocycles. The van der Waals surface area contributed by atoms with Gasteiger partial charge in [-0.1, -0.05) is 34.4 Å². The quantitative estimate of drug-likeness (QED) is 0.741. The van der Waals surface area contributed by atoms with Crippen molar-refractivity contribution in [3.63, 3.8) is 0 Å². The molecule has 0 saturated carbocycles. The lowest BCUT2D eigenvalue weighted by molar-refractivity contribution is 0.396. The molecule has 2 rings (SSSR count). The van der Waals surface area contributed by atoms with Crippen LogP contribution < -0.4 is 0 Å². The van der Waals surface area contributed by atoms with Gasteiger partial charge in [-0.2, -0.15) is 0 Å². The van der Waals surface area contributed by atoms with E-state index in [1.807, 2.05) is 0 Å². The van der Waals surface area contributed by atoms with Crippen molar-refractivity contribution in [2.24, 2.45) is 0 Å². The summed E-state index contributed by atoms with van der Waals surface area (Å²) in [5.41, 5.74) is 1.43. The minimum Gasteiger partial charge on any atom is -0.360 e. The number of hydrogen-bond donors (Lipinski definition) is 0. The predicted octanol–water partition coefficient (Wildman–Crippen LogP) is 3.76. The summed E-state index contributed by atoms with van der Waals surface area (Å²) in [4.78, 5) is 0. The summed E-state index contributed by atoms with van der Waals surface area (Å²) in [5, 5.41) is 4.70. The normalized spacial score (nSPS) is 10.5. The topological polar surface area (TPSA) is 26.0 Å². The maximum atomic E-state index is 6.02. The third-order valence-electron chi connectivity index (χ3n) is 1.90. The Morgan fingerprint density at radius 2 is 1.93 bits per heavy atom. The minimum absolute atomic E-state index is 0.569. The fourth-order valence-electron chi connectivity index (χ4n) is 1.23. The van der Waals surface area contributed by atoms with Gasteiger partial charge >= 0.3 is 0 Å². The van der Waals surface area contributed by atoms with Gasteiger partial charge in [-0.3, -0.25) is 0 Å². The standard InChI is InChI=1S/C10H6Cl2NO/c1-6-7(5-13-14-6)10-8(11)3-2-4-9(10)12/h2-4H,1H3. The third-order valence-corrected chi connectivity index (χ3v) is 2.53. The molecule has 0 atom stereocenters. The van der Waals surface area contributed by atoms with Crippen LogP contribution in [-0.4, -0.2) is 5.16 Å². The molecule has 0 fully saturated rings. The first-order chi connectivity index (χ1) is 6.70. The Labute approximate surface area is 91.4 Å². The lowest BCUT2D eigenvalue weighted by atomic mass is 10.1. The Kier molecular flexibility index (Phi) is 2.48. The van der Waals surface area contributed by atoms with Gasteiger partial charge in [0.25, 0.3) is 0 Å². The first kappa shape index (κ1) is 9.56. The van der Waals surface area contributed by atoms with Crippen molar-refractivity contribution in [2.75, 3.05) is 0 Å². The summed E-state index contributed by atoms with van der Waals surface area (Å²) in [7, 11) is 0. The van der Waals surface area contributed by atoms with Gasteiger partial charge in [0.05, 0.1) is 15.6 Å². The number of halogens is 2. The van der Waals surface area contributed by atoms with E-state index < -0.39 is 0 Å². The van der Waals surface area contributed by atoms with Crippen molar-refractivity contribution in [3.05, 3.63) is 40.2 Å². The molecular formula is C10H6Cl2NO. The van der Waals surface area contributed by atoms with Gasteiger partial charge in [0.2, 0.25) is 0 Å². The highest BCUT2D eigenvalue weighted by Gasteiger charge is 2.13. The molecule has 0 bridgehead atoms. The number of aryl methyl sites for hydroxylation is 1. The van der Waals surface area contributed by atoms with Crippen molar-refractivity contribution in [3.8, 4) is 11.1 Å². The average molecular weight is 227 g/mol. The first-order valence-electron chi connectivity index (χ1n) is 3.98. The Hall–Kier alpha value is -0.990. The highest BCUT2D eigenvalue weighted by molar-refractivity contribution is 6.39. The van der Waals surface area contributed by atoms with Crippen LogP contribution in [0.5, 0.6) is 0 Å². The van der Waals surface area contributed by atoms with Crippen LogP contribution in [0.15, 0.2) is 22.7 Å². The zero-order chi connectivity index (χ0) is 10.1. The summed E-state index contributed by atoms with van der Waals surface area (Å²) in [6.45, 7) is 1.79. The molecule has 0 aliphatic carbocycles. The number of rotatable bonds is 1. The molecule has 1 radical (unpaired) electrons. The van der Waals surface area contributed by atoms with E-state index in [0.29, 0.717) is 21.4 Å². The summed E-state index contributed by atoms with van der Waals surface area (Å²) < 4.78 is 4.91. The first-order valence-corrected chi connectivity index (χ1v) is 4.74. The molecule has 0 N–H and O–H groups in total. The molecule has 0 unspecified atom stereocenters. The second kappa shape index (κ2) is 3.64. The van der Waals surface area contributed by atoms with Gasteiger partial charge in [0.1, 0.15) is 12.0 Å². The smallest absolute Gasteiger partial charge is 0.144 e. The van der Waals surface area contributed by atoms with Crippen LogP contribution in [0.4, 0.5) is 0 Å². The van der Waals surface area contributed by atoms with E-state index in [1.165, 1.54) is 0 Å².